The first kappa shape index (κ1) is 21.8. The highest BCUT2D eigenvalue weighted by Crippen LogP contribution is 2.40. The van der Waals surface area contributed by atoms with Gasteiger partial charge in [-0.1, -0.05) is 42.0 Å². The number of benzene rings is 2. The number of aromatic nitrogens is 4. The van der Waals surface area contributed by atoms with Crippen molar-refractivity contribution in [3.8, 4) is 11.7 Å². The predicted octanol–water partition coefficient (Wildman–Crippen LogP) is 4.95. The first-order chi connectivity index (χ1) is 16.4. The van der Waals surface area contributed by atoms with Crippen LogP contribution in [0.1, 0.15) is 51.7 Å². The van der Waals surface area contributed by atoms with Gasteiger partial charge in [-0.3, -0.25) is 4.79 Å². The molecule has 0 bridgehead atoms. The topological polar surface area (TPSA) is 81.9 Å². The van der Waals surface area contributed by atoms with Crippen molar-refractivity contribution in [3.63, 3.8) is 0 Å². The molecular weight excluding hydrogens is 426 g/mol. The number of nitrogens with one attached hydrogen (secondary N) is 1. The molecule has 1 aliphatic rings. The quantitative estimate of drug-likeness (QED) is 0.462. The van der Waals surface area contributed by atoms with Gasteiger partial charge >= 0.3 is 0 Å². The van der Waals surface area contributed by atoms with Gasteiger partial charge in [0.15, 0.2) is 0 Å². The van der Waals surface area contributed by atoms with Crippen LogP contribution in [0.4, 0.5) is 5.82 Å². The summed E-state index contributed by atoms with van der Waals surface area (Å²) in [5.74, 6) is 1.74. The minimum atomic E-state index is -0.102. The zero-order valence-electron chi connectivity index (χ0n) is 19.8. The van der Waals surface area contributed by atoms with E-state index in [1.807, 2.05) is 51.1 Å². The minimum Gasteiger partial charge on any atom is -0.489 e. The molecule has 4 aromatic rings. The van der Waals surface area contributed by atoms with Gasteiger partial charge in [-0.15, -0.1) is 0 Å². The van der Waals surface area contributed by atoms with Crippen LogP contribution in [0.2, 0.25) is 0 Å². The average Bonchev–Trinajstić information content (AvgIpc) is 3.14. The van der Waals surface area contributed by atoms with E-state index < -0.39 is 0 Å². The average molecular weight is 454 g/mol. The Morgan fingerprint density at radius 2 is 1.65 bits per heavy atom. The summed E-state index contributed by atoms with van der Waals surface area (Å²) in [5, 5.41) is 7.69. The zero-order chi connectivity index (χ0) is 23.8. The van der Waals surface area contributed by atoms with Gasteiger partial charge in [0.25, 0.3) is 5.95 Å². The predicted molar refractivity (Wildman–Crippen MR) is 130 cm³/mol. The van der Waals surface area contributed by atoms with E-state index in [9.17, 15) is 4.79 Å². The van der Waals surface area contributed by atoms with Crippen molar-refractivity contribution in [3.05, 3.63) is 93.9 Å². The van der Waals surface area contributed by atoms with Gasteiger partial charge in [0, 0.05) is 29.3 Å². The summed E-state index contributed by atoms with van der Waals surface area (Å²) in [4.78, 5) is 21.7. The van der Waals surface area contributed by atoms with E-state index in [4.69, 9.17) is 9.84 Å². The molecule has 172 valence electrons. The molecule has 0 fully saturated rings. The van der Waals surface area contributed by atoms with Gasteiger partial charge in [-0.05, 0) is 57.0 Å². The second-order valence-corrected chi connectivity index (χ2v) is 8.86. The van der Waals surface area contributed by atoms with Crippen molar-refractivity contribution in [1.82, 2.24) is 19.7 Å². The molecule has 0 saturated carbocycles. The Balaban J connectivity index is 1.42. The highest BCUT2D eigenvalue weighted by Gasteiger charge is 2.33. The highest BCUT2D eigenvalue weighted by molar-refractivity contribution is 5.95. The molecule has 0 spiro atoms. The van der Waals surface area contributed by atoms with E-state index in [1.54, 1.807) is 4.68 Å². The van der Waals surface area contributed by atoms with Gasteiger partial charge in [0.2, 0.25) is 5.91 Å². The molecule has 7 nitrogen and oxygen atoms in total. The lowest BCUT2D eigenvalue weighted by Gasteiger charge is -2.24. The molecule has 1 atom stereocenters. The maximum absolute atomic E-state index is 12.7. The second kappa shape index (κ2) is 8.74. The van der Waals surface area contributed by atoms with E-state index in [0.29, 0.717) is 24.8 Å². The summed E-state index contributed by atoms with van der Waals surface area (Å²) < 4.78 is 7.61. The van der Waals surface area contributed by atoms with E-state index in [1.165, 1.54) is 5.56 Å². The molecule has 34 heavy (non-hydrogen) atoms. The lowest BCUT2D eigenvalue weighted by Crippen LogP contribution is -2.25. The van der Waals surface area contributed by atoms with Crippen molar-refractivity contribution in [2.75, 3.05) is 5.32 Å². The van der Waals surface area contributed by atoms with Crippen molar-refractivity contribution in [2.45, 2.75) is 46.6 Å². The van der Waals surface area contributed by atoms with Crippen LogP contribution in [-0.4, -0.2) is 25.7 Å². The van der Waals surface area contributed by atoms with E-state index >= 15 is 0 Å². The summed E-state index contributed by atoms with van der Waals surface area (Å²) >= 11 is 0. The van der Waals surface area contributed by atoms with Crippen molar-refractivity contribution in [1.29, 1.82) is 0 Å². The Morgan fingerprint density at radius 1 is 0.971 bits per heavy atom. The molecule has 0 unspecified atom stereocenters. The summed E-state index contributed by atoms with van der Waals surface area (Å²) in [6.07, 6.45) is 0.358. The van der Waals surface area contributed by atoms with Crippen LogP contribution < -0.4 is 10.1 Å². The number of aryl methyl sites for hydroxylation is 4. The molecule has 3 heterocycles. The smallest absolute Gasteiger partial charge is 0.252 e. The van der Waals surface area contributed by atoms with E-state index in [2.05, 4.69) is 46.5 Å². The Kier molecular flexibility index (Phi) is 5.61. The van der Waals surface area contributed by atoms with Crippen LogP contribution in [0.25, 0.3) is 5.95 Å². The van der Waals surface area contributed by atoms with Crippen LogP contribution in [0.15, 0.2) is 54.6 Å². The first-order valence-corrected chi connectivity index (χ1v) is 11.4. The summed E-state index contributed by atoms with van der Waals surface area (Å²) in [6, 6.07) is 18.2. The normalized spacial score (nSPS) is 15.1. The molecule has 1 N–H and O–H groups in total. The Morgan fingerprint density at radius 3 is 2.32 bits per heavy atom. The van der Waals surface area contributed by atoms with Crippen molar-refractivity contribution < 1.29 is 9.53 Å². The SMILES string of the molecule is Cc1ccc(COc2ccc([C@H]3CC(=O)Nc4c3c(C)nn4-c3nc(C)cc(C)n3)cc2)cc1. The number of carbonyl (C=O) groups excluding carboxylic acids is 1. The monoisotopic (exact) mass is 453 g/mol. The highest BCUT2D eigenvalue weighted by atomic mass is 16.5. The minimum absolute atomic E-state index is 0.0530. The number of rotatable bonds is 5. The standard InChI is InChI=1S/C27H27N5O2/c1-16-5-7-20(8-6-16)15-34-22-11-9-21(10-12-22)23-14-24(33)30-26-25(23)19(4)31-32(26)27-28-17(2)13-18(3)29-27/h5-13,23H,14-15H2,1-4H3,(H,30,33)/t23-/m1/s1. The first-order valence-electron chi connectivity index (χ1n) is 11.4. The number of amides is 1. The molecule has 1 amide bonds. The van der Waals surface area contributed by atoms with Gasteiger partial charge < -0.3 is 10.1 Å². The van der Waals surface area contributed by atoms with Gasteiger partial charge in [-0.25, -0.2) is 9.97 Å². The van der Waals surface area contributed by atoms with Crippen molar-refractivity contribution in [2.24, 2.45) is 0 Å². The fourth-order valence-corrected chi connectivity index (χ4v) is 4.43. The fraction of sp³-hybridized carbons (Fsp3) is 0.259. The molecular formula is C27H27N5O2. The van der Waals surface area contributed by atoms with Gasteiger partial charge in [-0.2, -0.15) is 9.78 Å². The lowest BCUT2D eigenvalue weighted by molar-refractivity contribution is -0.116. The molecule has 5 rings (SSSR count). The molecule has 2 aromatic carbocycles. The molecule has 0 radical (unpaired) electrons. The fourth-order valence-electron chi connectivity index (χ4n) is 4.43. The number of carbonyl (C=O) groups is 1. The second-order valence-electron chi connectivity index (χ2n) is 8.86. The molecule has 0 aliphatic carbocycles. The summed E-state index contributed by atoms with van der Waals surface area (Å²) in [7, 11) is 0. The van der Waals surface area contributed by atoms with Crippen LogP contribution in [0.5, 0.6) is 5.75 Å². The number of hydrogen-bond acceptors (Lipinski definition) is 5. The third kappa shape index (κ3) is 4.29. The van der Waals surface area contributed by atoms with Gasteiger partial charge in [0.05, 0.1) is 5.69 Å². The maximum atomic E-state index is 12.7. The van der Waals surface area contributed by atoms with E-state index in [0.717, 1.165) is 39.5 Å². The van der Waals surface area contributed by atoms with Crippen LogP contribution in [-0.2, 0) is 11.4 Å². The number of nitrogens with zero attached hydrogens (tertiary/aromatic N) is 4. The Hall–Kier alpha value is -4.00. The third-order valence-corrected chi connectivity index (χ3v) is 6.07. The largest absolute Gasteiger partial charge is 0.489 e. The number of ether oxygens (including phenoxy) is 1. The lowest BCUT2D eigenvalue weighted by atomic mass is 9.86. The summed E-state index contributed by atoms with van der Waals surface area (Å²) in [6.45, 7) is 8.38. The molecule has 2 aromatic heterocycles. The summed E-state index contributed by atoms with van der Waals surface area (Å²) in [5.41, 5.74) is 6.95. The number of fused-ring (bicyclic) bond motifs is 1. The van der Waals surface area contributed by atoms with Gasteiger partial charge in [0.1, 0.15) is 18.2 Å². The number of anilines is 1. The molecule has 1 aliphatic heterocycles. The number of hydrogen-bond donors (Lipinski definition) is 1. The van der Waals surface area contributed by atoms with Crippen molar-refractivity contribution >= 4 is 11.7 Å². The van der Waals surface area contributed by atoms with Crippen LogP contribution in [0.3, 0.4) is 0 Å². The van der Waals surface area contributed by atoms with Crippen LogP contribution >= 0.6 is 0 Å². The van der Waals surface area contributed by atoms with Crippen LogP contribution in [0, 0.1) is 27.7 Å². The molecule has 7 heteroatoms. The Labute approximate surface area is 198 Å². The zero-order valence-corrected chi connectivity index (χ0v) is 19.8. The maximum Gasteiger partial charge on any atom is 0.252 e. The Bertz CT molecular complexity index is 1340. The van der Waals surface area contributed by atoms with E-state index in [-0.39, 0.29) is 11.8 Å². The molecule has 0 saturated heterocycles. The third-order valence-electron chi connectivity index (χ3n) is 6.07.